The van der Waals surface area contributed by atoms with E-state index in [2.05, 4.69) is 20.8 Å². The molecule has 0 aromatic heterocycles. The zero-order valence-corrected chi connectivity index (χ0v) is 22.0. The molecule has 3 aliphatic rings. The number of nitrogens with zero attached hydrogens (tertiary/aromatic N) is 1. The summed E-state index contributed by atoms with van der Waals surface area (Å²) in [5.41, 5.74) is 1.43. The summed E-state index contributed by atoms with van der Waals surface area (Å²) in [5.74, 6) is -1.01. The standard InChI is InChI=1S/C31H26BrNO3/c1-30(2,3)29(36)26-25(18-9-5-4-6-10-18)31(27(34)21-11-7-8-12-22(21)28(31)35)24-16-13-19-17-20(32)14-15-23(19)33(24)26/h4-17,24-26H,1-3H3/t24-,25+,26+/m1/s1. The average molecular weight is 540 g/mol. The number of halogens is 1. The van der Waals surface area contributed by atoms with Crippen molar-refractivity contribution in [3.8, 4) is 0 Å². The zero-order chi connectivity index (χ0) is 25.4. The second kappa shape index (κ2) is 7.84. The number of ketones is 3. The summed E-state index contributed by atoms with van der Waals surface area (Å²) in [4.78, 5) is 45.3. The Morgan fingerprint density at radius 1 is 0.889 bits per heavy atom. The number of rotatable bonds is 2. The maximum Gasteiger partial charge on any atom is 0.180 e. The van der Waals surface area contributed by atoms with Crippen LogP contribution in [0.1, 0.15) is 58.5 Å². The van der Waals surface area contributed by atoms with E-state index in [1.54, 1.807) is 24.3 Å². The maximum absolute atomic E-state index is 14.5. The molecule has 5 heteroatoms. The molecule has 0 N–H and O–H groups in total. The van der Waals surface area contributed by atoms with Crippen LogP contribution in [0.15, 0.2) is 83.3 Å². The monoisotopic (exact) mass is 539 g/mol. The molecule has 1 saturated heterocycles. The van der Waals surface area contributed by atoms with Crippen molar-refractivity contribution in [2.24, 2.45) is 10.8 Å². The molecule has 4 nitrogen and oxygen atoms in total. The highest BCUT2D eigenvalue weighted by Crippen LogP contribution is 2.61. The smallest absolute Gasteiger partial charge is 0.180 e. The van der Waals surface area contributed by atoms with Crippen molar-refractivity contribution in [2.75, 3.05) is 4.90 Å². The van der Waals surface area contributed by atoms with E-state index in [4.69, 9.17) is 0 Å². The predicted octanol–water partition coefficient (Wildman–Crippen LogP) is 6.50. The summed E-state index contributed by atoms with van der Waals surface area (Å²) < 4.78 is 0.928. The molecule has 1 aliphatic carbocycles. The fraction of sp³-hybridized carbons (Fsp3) is 0.258. The minimum atomic E-state index is -1.43. The number of fused-ring (bicyclic) bond motifs is 5. The number of benzene rings is 3. The van der Waals surface area contributed by atoms with Crippen molar-refractivity contribution < 1.29 is 14.4 Å². The average Bonchev–Trinajstić information content (AvgIpc) is 3.29. The molecule has 0 unspecified atom stereocenters. The molecule has 2 aliphatic heterocycles. The van der Waals surface area contributed by atoms with Gasteiger partial charge in [0.2, 0.25) is 0 Å². The van der Waals surface area contributed by atoms with Crippen molar-refractivity contribution in [1.29, 1.82) is 0 Å². The summed E-state index contributed by atoms with van der Waals surface area (Å²) in [5, 5.41) is 0. The van der Waals surface area contributed by atoms with Crippen molar-refractivity contribution in [2.45, 2.75) is 38.8 Å². The van der Waals surface area contributed by atoms with E-state index in [1.165, 1.54) is 0 Å². The maximum atomic E-state index is 14.5. The van der Waals surface area contributed by atoms with Gasteiger partial charge < -0.3 is 4.90 Å². The van der Waals surface area contributed by atoms with E-state index < -0.39 is 28.8 Å². The first-order valence-corrected chi connectivity index (χ1v) is 13.0. The Morgan fingerprint density at radius 3 is 2.11 bits per heavy atom. The largest absolute Gasteiger partial charge is 0.352 e. The van der Waals surface area contributed by atoms with Gasteiger partial charge in [0.1, 0.15) is 5.41 Å². The Balaban J connectivity index is 1.70. The van der Waals surface area contributed by atoms with E-state index in [0.29, 0.717) is 11.1 Å². The van der Waals surface area contributed by atoms with E-state index in [9.17, 15) is 14.4 Å². The predicted molar refractivity (Wildman–Crippen MR) is 144 cm³/mol. The highest BCUT2D eigenvalue weighted by molar-refractivity contribution is 9.10. The van der Waals surface area contributed by atoms with Crippen LogP contribution in [0.4, 0.5) is 5.69 Å². The van der Waals surface area contributed by atoms with Gasteiger partial charge in [0.05, 0.1) is 12.1 Å². The van der Waals surface area contributed by atoms with Crippen LogP contribution in [0.2, 0.25) is 0 Å². The summed E-state index contributed by atoms with van der Waals surface area (Å²) in [6, 6.07) is 21.4. The quantitative estimate of drug-likeness (QED) is 0.349. The second-order valence-electron chi connectivity index (χ2n) is 10.9. The van der Waals surface area contributed by atoms with Gasteiger partial charge in [-0.2, -0.15) is 0 Å². The lowest BCUT2D eigenvalue weighted by Gasteiger charge is -2.38. The Bertz CT molecular complexity index is 1430. The summed E-state index contributed by atoms with van der Waals surface area (Å²) in [7, 11) is 0. The van der Waals surface area contributed by atoms with Crippen molar-refractivity contribution in [3.05, 3.63) is 106 Å². The molecular weight excluding hydrogens is 514 g/mol. The molecule has 3 atom stereocenters. The van der Waals surface area contributed by atoms with E-state index in [-0.39, 0.29) is 17.3 Å². The fourth-order valence-corrected chi connectivity index (χ4v) is 6.80. The number of anilines is 1. The Labute approximate surface area is 219 Å². The normalized spacial score (nSPS) is 23.6. The lowest BCUT2D eigenvalue weighted by molar-refractivity contribution is -0.127. The molecule has 36 heavy (non-hydrogen) atoms. The highest BCUT2D eigenvalue weighted by Gasteiger charge is 2.71. The number of Topliss-reactive ketones (excluding diaryl/α,β-unsaturated/α-hetero) is 3. The third-order valence-corrected chi connectivity index (χ3v) is 8.43. The molecule has 0 saturated carbocycles. The van der Waals surface area contributed by atoms with Gasteiger partial charge >= 0.3 is 0 Å². The number of carbonyl (C=O) groups is 3. The minimum Gasteiger partial charge on any atom is -0.352 e. The van der Waals surface area contributed by atoms with Gasteiger partial charge in [0.25, 0.3) is 0 Å². The fourth-order valence-electron chi connectivity index (χ4n) is 6.42. The first kappa shape index (κ1) is 23.1. The van der Waals surface area contributed by atoms with Crippen LogP contribution in [0, 0.1) is 10.8 Å². The highest BCUT2D eigenvalue weighted by atomic mass is 79.9. The minimum absolute atomic E-state index is 0.0129. The van der Waals surface area contributed by atoms with Crippen LogP contribution < -0.4 is 4.90 Å². The molecule has 0 amide bonds. The topological polar surface area (TPSA) is 54.5 Å². The number of hydrogen-bond acceptors (Lipinski definition) is 4. The molecule has 6 rings (SSSR count). The molecular formula is C31H26BrNO3. The van der Waals surface area contributed by atoms with Gasteiger partial charge in [-0.25, -0.2) is 0 Å². The van der Waals surface area contributed by atoms with Gasteiger partial charge in [-0.1, -0.05) is 103 Å². The Morgan fingerprint density at radius 2 is 1.50 bits per heavy atom. The van der Waals surface area contributed by atoms with Gasteiger partial charge in [-0.3, -0.25) is 14.4 Å². The molecule has 1 spiro atoms. The van der Waals surface area contributed by atoms with Crippen LogP contribution in [-0.2, 0) is 4.79 Å². The van der Waals surface area contributed by atoms with Gasteiger partial charge in [-0.05, 0) is 29.3 Å². The molecule has 1 fully saturated rings. The van der Waals surface area contributed by atoms with Crippen LogP contribution in [-0.4, -0.2) is 29.4 Å². The molecule has 0 radical (unpaired) electrons. The van der Waals surface area contributed by atoms with Crippen LogP contribution >= 0.6 is 15.9 Å². The van der Waals surface area contributed by atoms with E-state index in [1.807, 2.05) is 81.5 Å². The molecule has 0 bridgehead atoms. The summed E-state index contributed by atoms with van der Waals surface area (Å²) in [6.07, 6.45) is 3.95. The Kier molecular flexibility index (Phi) is 5.03. The van der Waals surface area contributed by atoms with Gasteiger partial charge in [0.15, 0.2) is 17.3 Å². The molecule has 3 aromatic carbocycles. The zero-order valence-electron chi connectivity index (χ0n) is 20.4. The lowest BCUT2D eigenvalue weighted by atomic mass is 9.63. The summed E-state index contributed by atoms with van der Waals surface area (Å²) >= 11 is 3.56. The Hall–Kier alpha value is -3.31. The molecule has 2 heterocycles. The van der Waals surface area contributed by atoms with Crippen LogP contribution in [0.25, 0.3) is 6.08 Å². The van der Waals surface area contributed by atoms with Crippen LogP contribution in [0.5, 0.6) is 0 Å². The molecule has 180 valence electrons. The first-order chi connectivity index (χ1) is 17.2. The second-order valence-corrected chi connectivity index (χ2v) is 11.9. The van der Waals surface area contributed by atoms with Gasteiger partial charge in [0, 0.05) is 32.6 Å². The van der Waals surface area contributed by atoms with Crippen molar-refractivity contribution in [3.63, 3.8) is 0 Å². The number of hydrogen-bond donors (Lipinski definition) is 0. The van der Waals surface area contributed by atoms with E-state index in [0.717, 1.165) is 21.3 Å². The van der Waals surface area contributed by atoms with Gasteiger partial charge in [-0.15, -0.1) is 0 Å². The third-order valence-electron chi connectivity index (χ3n) is 7.93. The third kappa shape index (κ3) is 2.95. The van der Waals surface area contributed by atoms with Crippen molar-refractivity contribution >= 4 is 45.0 Å². The van der Waals surface area contributed by atoms with E-state index >= 15 is 0 Å². The first-order valence-electron chi connectivity index (χ1n) is 12.2. The van der Waals surface area contributed by atoms with Crippen molar-refractivity contribution in [1.82, 2.24) is 0 Å². The number of carbonyl (C=O) groups excluding carboxylic acids is 3. The summed E-state index contributed by atoms with van der Waals surface area (Å²) in [6.45, 7) is 5.73. The molecule has 3 aromatic rings. The van der Waals surface area contributed by atoms with Crippen LogP contribution in [0.3, 0.4) is 0 Å². The SMILES string of the molecule is CC(C)(C)C(=O)[C@@H]1[C@H](c2ccccc2)C2(C(=O)c3ccccc3C2=O)[C@H]2C=Cc3cc(Br)ccc3N12. The lowest BCUT2D eigenvalue weighted by Crippen LogP contribution is -2.49.